The minimum atomic E-state index is -0.611. The summed E-state index contributed by atoms with van der Waals surface area (Å²) < 4.78 is 5.91. The number of aromatic nitrogens is 5. The van der Waals surface area contributed by atoms with E-state index in [0.717, 1.165) is 0 Å². The van der Waals surface area contributed by atoms with Crippen molar-refractivity contribution in [3.05, 3.63) is 29.2 Å². The molecule has 0 aliphatic rings. The Morgan fingerprint density at radius 2 is 2.05 bits per heavy atom. The van der Waals surface area contributed by atoms with Crippen molar-refractivity contribution in [2.75, 3.05) is 7.11 Å². The summed E-state index contributed by atoms with van der Waals surface area (Å²) in [5.74, 6) is 0.368. The Morgan fingerprint density at radius 1 is 1.35 bits per heavy atom. The fraction of sp³-hybridized carbons (Fsp3) is 0.417. The molecule has 0 bridgehead atoms. The van der Waals surface area contributed by atoms with Gasteiger partial charge in [-0.25, -0.2) is 24.4 Å². The first-order chi connectivity index (χ1) is 9.31. The average molecular weight is 296 g/mol. The molecule has 106 valence electrons. The molecule has 0 amide bonds. The molecule has 0 fully saturated rings. The van der Waals surface area contributed by atoms with Gasteiger partial charge in [-0.2, -0.15) is 0 Å². The first-order valence-electron chi connectivity index (χ1n) is 5.86. The Balaban J connectivity index is 2.45. The van der Waals surface area contributed by atoms with Crippen molar-refractivity contribution in [1.82, 2.24) is 24.7 Å². The van der Waals surface area contributed by atoms with Gasteiger partial charge in [0.15, 0.2) is 5.82 Å². The third-order valence-electron chi connectivity index (χ3n) is 2.45. The maximum absolute atomic E-state index is 11.3. The third-order valence-corrected chi connectivity index (χ3v) is 2.64. The summed E-state index contributed by atoms with van der Waals surface area (Å²) in [4.78, 5) is 23.8. The molecule has 0 radical (unpaired) electrons. The molecule has 0 saturated carbocycles. The second-order valence-corrected chi connectivity index (χ2v) is 5.51. The number of hydrogen-bond acceptors (Lipinski definition) is 6. The van der Waals surface area contributed by atoms with Crippen LogP contribution in [-0.4, -0.2) is 37.8 Å². The standard InChI is InChI=1S/C12H14ClN5O2/c1-12(2,3)11-15-7(13)5-8(16-11)18-6-14-9(17-18)10(19)20-4/h5-6H,1-4H3. The first-order valence-corrected chi connectivity index (χ1v) is 6.24. The first kappa shape index (κ1) is 14.4. The Hall–Kier alpha value is -2.02. The van der Waals surface area contributed by atoms with Crippen LogP contribution in [-0.2, 0) is 10.2 Å². The van der Waals surface area contributed by atoms with E-state index < -0.39 is 5.97 Å². The fourth-order valence-electron chi connectivity index (χ4n) is 1.42. The van der Waals surface area contributed by atoms with Crippen LogP contribution in [0.4, 0.5) is 0 Å². The van der Waals surface area contributed by atoms with Crippen LogP contribution < -0.4 is 0 Å². The monoisotopic (exact) mass is 295 g/mol. The zero-order chi connectivity index (χ0) is 14.9. The molecule has 2 aromatic heterocycles. The normalized spacial score (nSPS) is 11.4. The Labute approximate surface area is 121 Å². The van der Waals surface area contributed by atoms with Gasteiger partial charge >= 0.3 is 5.97 Å². The zero-order valence-corrected chi connectivity index (χ0v) is 12.3. The van der Waals surface area contributed by atoms with Crippen molar-refractivity contribution in [3.8, 4) is 5.82 Å². The highest BCUT2D eigenvalue weighted by atomic mass is 35.5. The summed E-state index contributed by atoms with van der Waals surface area (Å²) in [6.45, 7) is 5.93. The van der Waals surface area contributed by atoms with E-state index >= 15 is 0 Å². The van der Waals surface area contributed by atoms with Crippen molar-refractivity contribution < 1.29 is 9.53 Å². The maximum Gasteiger partial charge on any atom is 0.377 e. The largest absolute Gasteiger partial charge is 0.463 e. The molecular formula is C12H14ClN5O2. The number of ether oxygens (including phenoxy) is 1. The van der Waals surface area contributed by atoms with Crippen molar-refractivity contribution in [3.63, 3.8) is 0 Å². The van der Waals surface area contributed by atoms with Crippen molar-refractivity contribution in [2.24, 2.45) is 0 Å². The number of halogens is 1. The van der Waals surface area contributed by atoms with Crippen LogP contribution in [0.3, 0.4) is 0 Å². The lowest BCUT2D eigenvalue weighted by molar-refractivity contribution is 0.0587. The van der Waals surface area contributed by atoms with Gasteiger partial charge in [0, 0.05) is 11.5 Å². The van der Waals surface area contributed by atoms with Crippen LogP contribution in [0.1, 0.15) is 37.2 Å². The molecule has 0 aliphatic heterocycles. The third kappa shape index (κ3) is 2.93. The Bertz CT molecular complexity index is 648. The molecule has 0 N–H and O–H groups in total. The molecule has 7 nitrogen and oxygen atoms in total. The topological polar surface area (TPSA) is 82.8 Å². The summed E-state index contributed by atoms with van der Waals surface area (Å²) in [7, 11) is 1.27. The van der Waals surface area contributed by atoms with Crippen LogP contribution in [0.2, 0.25) is 5.15 Å². The highest BCUT2D eigenvalue weighted by Crippen LogP contribution is 2.21. The van der Waals surface area contributed by atoms with Crippen LogP contribution in [0.25, 0.3) is 5.82 Å². The van der Waals surface area contributed by atoms with Crippen LogP contribution >= 0.6 is 11.6 Å². The summed E-state index contributed by atoms with van der Waals surface area (Å²) >= 11 is 6.00. The molecular weight excluding hydrogens is 282 g/mol. The molecule has 0 unspecified atom stereocenters. The minimum absolute atomic E-state index is 0.0421. The van der Waals surface area contributed by atoms with E-state index in [4.69, 9.17) is 11.6 Å². The summed E-state index contributed by atoms with van der Waals surface area (Å²) in [5.41, 5.74) is -0.259. The van der Waals surface area contributed by atoms with Crippen molar-refractivity contribution >= 4 is 17.6 Å². The quantitative estimate of drug-likeness (QED) is 0.620. The summed E-state index contributed by atoms with van der Waals surface area (Å²) in [5, 5.41) is 4.30. The lowest BCUT2D eigenvalue weighted by Crippen LogP contribution is -2.17. The molecule has 0 spiro atoms. The molecule has 2 rings (SSSR count). The number of esters is 1. The van der Waals surface area contributed by atoms with Gasteiger partial charge in [0.25, 0.3) is 5.82 Å². The van der Waals surface area contributed by atoms with E-state index in [1.165, 1.54) is 18.1 Å². The lowest BCUT2D eigenvalue weighted by atomic mass is 9.96. The number of nitrogens with zero attached hydrogens (tertiary/aromatic N) is 5. The van der Waals surface area contributed by atoms with Crippen LogP contribution in [0, 0.1) is 0 Å². The summed E-state index contributed by atoms with van der Waals surface area (Å²) in [6, 6.07) is 1.55. The van der Waals surface area contributed by atoms with E-state index in [1.807, 2.05) is 20.8 Å². The highest BCUT2D eigenvalue weighted by Gasteiger charge is 2.20. The molecule has 0 aliphatic carbocycles. The van der Waals surface area contributed by atoms with Crippen molar-refractivity contribution in [1.29, 1.82) is 0 Å². The smallest absolute Gasteiger partial charge is 0.377 e. The molecule has 2 aromatic rings. The Kier molecular flexibility index (Phi) is 3.71. The number of hydrogen-bond donors (Lipinski definition) is 0. The van der Waals surface area contributed by atoms with E-state index in [1.54, 1.807) is 6.07 Å². The van der Waals surface area contributed by atoms with Gasteiger partial charge in [-0.05, 0) is 0 Å². The number of carbonyl (C=O) groups excluding carboxylic acids is 1. The molecule has 8 heteroatoms. The van der Waals surface area contributed by atoms with E-state index in [0.29, 0.717) is 16.8 Å². The van der Waals surface area contributed by atoms with Gasteiger partial charge < -0.3 is 4.74 Å². The highest BCUT2D eigenvalue weighted by molar-refractivity contribution is 6.29. The van der Waals surface area contributed by atoms with Gasteiger partial charge in [-0.3, -0.25) is 0 Å². The Morgan fingerprint density at radius 3 is 2.65 bits per heavy atom. The van der Waals surface area contributed by atoms with E-state index in [-0.39, 0.29) is 11.2 Å². The second kappa shape index (κ2) is 5.16. The van der Waals surface area contributed by atoms with E-state index in [9.17, 15) is 4.79 Å². The zero-order valence-electron chi connectivity index (χ0n) is 11.6. The lowest BCUT2D eigenvalue weighted by Gasteiger charge is -2.17. The van der Waals surface area contributed by atoms with Gasteiger partial charge in [0.05, 0.1) is 7.11 Å². The van der Waals surface area contributed by atoms with Crippen molar-refractivity contribution in [2.45, 2.75) is 26.2 Å². The number of methoxy groups -OCH3 is 1. The van der Waals surface area contributed by atoms with Crippen LogP contribution in [0.5, 0.6) is 0 Å². The van der Waals surface area contributed by atoms with Crippen LogP contribution in [0.15, 0.2) is 12.4 Å². The molecule has 0 aromatic carbocycles. The number of rotatable bonds is 2. The molecule has 2 heterocycles. The van der Waals surface area contributed by atoms with Gasteiger partial charge in [0.2, 0.25) is 0 Å². The summed E-state index contributed by atoms with van der Waals surface area (Å²) in [6.07, 6.45) is 1.37. The molecule has 0 atom stereocenters. The maximum atomic E-state index is 11.3. The number of carbonyl (C=O) groups is 1. The molecule has 0 saturated heterocycles. The SMILES string of the molecule is COC(=O)c1ncn(-c2cc(Cl)nc(C(C)(C)C)n2)n1. The van der Waals surface area contributed by atoms with Gasteiger partial charge in [-0.1, -0.05) is 32.4 Å². The second-order valence-electron chi connectivity index (χ2n) is 5.13. The predicted octanol–water partition coefficient (Wildman–Crippen LogP) is 1.79. The minimum Gasteiger partial charge on any atom is -0.463 e. The fourth-order valence-corrected chi connectivity index (χ4v) is 1.59. The van der Waals surface area contributed by atoms with Gasteiger partial charge in [-0.15, -0.1) is 5.10 Å². The predicted molar refractivity (Wildman–Crippen MR) is 72.0 cm³/mol. The van der Waals surface area contributed by atoms with Gasteiger partial charge in [0.1, 0.15) is 17.3 Å². The molecule has 20 heavy (non-hydrogen) atoms. The average Bonchev–Trinajstić information content (AvgIpc) is 2.85. The van der Waals surface area contributed by atoms with E-state index in [2.05, 4.69) is 24.8 Å².